The highest BCUT2D eigenvalue weighted by Gasteiger charge is 2.11. The average molecular weight is 250 g/mol. The zero-order chi connectivity index (χ0) is 11.1. The van der Waals surface area contributed by atoms with E-state index < -0.39 is 0 Å². The second kappa shape index (κ2) is 3.57. The summed E-state index contributed by atoms with van der Waals surface area (Å²) >= 11 is 7.36. The van der Waals surface area contributed by atoms with Crippen LogP contribution in [-0.4, -0.2) is 14.5 Å². The first kappa shape index (κ1) is 9.81. The second-order valence-electron chi connectivity index (χ2n) is 3.44. The Balaban J connectivity index is 2.34. The molecule has 0 radical (unpaired) electrons. The first-order valence-corrected chi connectivity index (χ1v) is 6.07. The highest BCUT2D eigenvalue weighted by Crippen LogP contribution is 2.24. The minimum Gasteiger partial charge on any atom is -0.272 e. The molecule has 0 amide bonds. The lowest BCUT2D eigenvalue weighted by Crippen LogP contribution is -1.95. The lowest BCUT2D eigenvalue weighted by molar-refractivity contribution is 0.985. The molecule has 0 bridgehead atoms. The maximum Gasteiger partial charge on any atom is 0.196 e. The fourth-order valence-corrected chi connectivity index (χ4v) is 2.74. The largest absolute Gasteiger partial charge is 0.272 e. The Morgan fingerprint density at radius 1 is 1.25 bits per heavy atom. The Kier molecular flexibility index (Phi) is 2.19. The molecular weight excluding hydrogens is 242 g/mol. The molecule has 0 spiro atoms. The van der Waals surface area contributed by atoms with Gasteiger partial charge in [-0.05, 0) is 19.1 Å². The van der Waals surface area contributed by atoms with Crippen molar-refractivity contribution in [3.8, 4) is 5.13 Å². The molecule has 3 rings (SSSR count). The first-order valence-electron chi connectivity index (χ1n) is 4.81. The summed E-state index contributed by atoms with van der Waals surface area (Å²) in [5, 5.41) is 3.21. The number of fused-ring (bicyclic) bond motifs is 1. The van der Waals surface area contributed by atoms with E-state index in [0.717, 1.165) is 22.0 Å². The van der Waals surface area contributed by atoms with Gasteiger partial charge in [-0.15, -0.1) is 11.3 Å². The number of nitrogens with zero attached hydrogens (tertiary/aromatic N) is 3. The van der Waals surface area contributed by atoms with Crippen LogP contribution in [0.25, 0.3) is 16.2 Å². The van der Waals surface area contributed by atoms with Crippen LogP contribution < -0.4 is 0 Å². The Morgan fingerprint density at radius 3 is 2.81 bits per heavy atom. The summed E-state index contributed by atoms with van der Waals surface area (Å²) in [7, 11) is 0. The Labute approximate surface area is 101 Å². The van der Waals surface area contributed by atoms with Crippen LogP contribution in [-0.2, 0) is 0 Å². The van der Waals surface area contributed by atoms with Crippen molar-refractivity contribution in [3.63, 3.8) is 0 Å². The van der Waals surface area contributed by atoms with Gasteiger partial charge < -0.3 is 0 Å². The van der Waals surface area contributed by atoms with Gasteiger partial charge in [0.2, 0.25) is 0 Å². The number of hydrogen-bond acceptors (Lipinski definition) is 3. The molecule has 80 valence electrons. The lowest BCUT2D eigenvalue weighted by Gasteiger charge is -2.00. The van der Waals surface area contributed by atoms with Crippen LogP contribution in [0.3, 0.4) is 0 Å². The second-order valence-corrected chi connectivity index (χ2v) is 4.66. The molecule has 0 aliphatic carbocycles. The van der Waals surface area contributed by atoms with Crippen LogP contribution in [0, 0.1) is 6.92 Å². The van der Waals surface area contributed by atoms with Gasteiger partial charge in [0.15, 0.2) is 5.13 Å². The number of benzene rings is 1. The molecule has 0 saturated heterocycles. The average Bonchev–Trinajstić information content (AvgIpc) is 2.80. The molecule has 3 aromatic rings. The summed E-state index contributed by atoms with van der Waals surface area (Å²) in [6.45, 7) is 1.97. The van der Waals surface area contributed by atoms with Crippen molar-refractivity contribution in [2.75, 3.05) is 0 Å². The van der Waals surface area contributed by atoms with Gasteiger partial charge in [0.25, 0.3) is 0 Å². The van der Waals surface area contributed by atoms with E-state index in [1.807, 2.05) is 41.1 Å². The molecule has 0 unspecified atom stereocenters. The number of hydrogen-bond donors (Lipinski definition) is 0. The van der Waals surface area contributed by atoms with Crippen LogP contribution >= 0.6 is 22.9 Å². The van der Waals surface area contributed by atoms with Crippen LogP contribution in [0.4, 0.5) is 0 Å². The number of aryl methyl sites for hydroxylation is 1. The van der Waals surface area contributed by atoms with Crippen molar-refractivity contribution in [1.82, 2.24) is 14.5 Å². The monoisotopic (exact) mass is 249 g/mol. The Morgan fingerprint density at radius 2 is 2.06 bits per heavy atom. The maximum absolute atomic E-state index is 5.85. The molecule has 1 aromatic carbocycles. The van der Waals surface area contributed by atoms with E-state index in [9.17, 15) is 0 Å². The van der Waals surface area contributed by atoms with Gasteiger partial charge in [-0.2, -0.15) is 0 Å². The summed E-state index contributed by atoms with van der Waals surface area (Å²) in [5.74, 6) is 0.923. The van der Waals surface area contributed by atoms with Crippen LogP contribution in [0.2, 0.25) is 5.15 Å². The third kappa shape index (κ3) is 1.42. The number of halogens is 1. The van der Waals surface area contributed by atoms with Crippen LogP contribution in [0.5, 0.6) is 0 Å². The standard InChI is InChI=1S/C11H8ClN3S/c1-7-13-8-4-2-3-5-9(8)15(7)11-14-10(12)6-16-11/h2-6H,1H3. The van der Waals surface area contributed by atoms with Gasteiger partial charge in [0, 0.05) is 5.38 Å². The molecule has 0 aliphatic heterocycles. The van der Waals surface area contributed by atoms with E-state index >= 15 is 0 Å². The van der Waals surface area contributed by atoms with Crippen molar-refractivity contribution >= 4 is 34.0 Å². The van der Waals surface area contributed by atoms with E-state index in [4.69, 9.17) is 11.6 Å². The number of thiazole rings is 1. The Hall–Kier alpha value is -1.39. The zero-order valence-corrected chi connectivity index (χ0v) is 10.1. The smallest absolute Gasteiger partial charge is 0.196 e. The van der Waals surface area contributed by atoms with Gasteiger partial charge in [-0.25, -0.2) is 9.97 Å². The molecule has 0 fully saturated rings. The molecule has 5 heteroatoms. The quantitative estimate of drug-likeness (QED) is 0.661. The SMILES string of the molecule is Cc1nc2ccccc2n1-c1nc(Cl)cs1. The predicted octanol–water partition coefficient (Wildman–Crippen LogP) is 3.44. The highest BCUT2D eigenvalue weighted by atomic mass is 35.5. The molecule has 2 heterocycles. The highest BCUT2D eigenvalue weighted by molar-refractivity contribution is 7.12. The molecule has 2 aromatic heterocycles. The van der Waals surface area contributed by atoms with E-state index in [1.54, 1.807) is 0 Å². The van der Waals surface area contributed by atoms with Gasteiger partial charge in [-0.3, -0.25) is 4.57 Å². The lowest BCUT2D eigenvalue weighted by atomic mass is 10.3. The molecule has 3 nitrogen and oxygen atoms in total. The molecule has 0 aliphatic rings. The van der Waals surface area contributed by atoms with E-state index in [2.05, 4.69) is 9.97 Å². The number of aromatic nitrogens is 3. The summed E-state index contributed by atoms with van der Waals surface area (Å²) in [6.07, 6.45) is 0. The minimum atomic E-state index is 0.525. The normalized spacial score (nSPS) is 11.1. The van der Waals surface area contributed by atoms with Gasteiger partial charge in [0.1, 0.15) is 11.0 Å². The van der Waals surface area contributed by atoms with E-state index in [-0.39, 0.29) is 0 Å². The molecule has 0 N–H and O–H groups in total. The summed E-state index contributed by atoms with van der Waals surface area (Å²) in [5.41, 5.74) is 2.04. The van der Waals surface area contributed by atoms with Crippen molar-refractivity contribution in [3.05, 3.63) is 40.6 Å². The third-order valence-corrected chi connectivity index (χ3v) is 3.53. The number of imidazole rings is 1. The van der Waals surface area contributed by atoms with Crippen molar-refractivity contribution in [2.45, 2.75) is 6.92 Å². The van der Waals surface area contributed by atoms with Crippen LogP contribution in [0.15, 0.2) is 29.6 Å². The molecular formula is C11H8ClN3S. The molecule has 0 saturated carbocycles. The Bertz CT molecular complexity index is 656. The minimum absolute atomic E-state index is 0.525. The van der Waals surface area contributed by atoms with Crippen LogP contribution in [0.1, 0.15) is 5.82 Å². The first-order chi connectivity index (χ1) is 7.75. The molecule has 16 heavy (non-hydrogen) atoms. The summed E-state index contributed by atoms with van der Waals surface area (Å²) in [4.78, 5) is 8.76. The van der Waals surface area contributed by atoms with Crippen molar-refractivity contribution in [2.24, 2.45) is 0 Å². The van der Waals surface area contributed by atoms with E-state index in [1.165, 1.54) is 11.3 Å². The predicted molar refractivity (Wildman–Crippen MR) is 66.5 cm³/mol. The number of rotatable bonds is 1. The topological polar surface area (TPSA) is 30.7 Å². The van der Waals surface area contributed by atoms with Crippen molar-refractivity contribution < 1.29 is 0 Å². The van der Waals surface area contributed by atoms with Gasteiger partial charge >= 0.3 is 0 Å². The maximum atomic E-state index is 5.85. The summed E-state index contributed by atoms with van der Waals surface area (Å²) in [6, 6.07) is 8.00. The van der Waals surface area contributed by atoms with Gasteiger partial charge in [-0.1, -0.05) is 23.7 Å². The third-order valence-electron chi connectivity index (χ3n) is 2.38. The molecule has 0 atom stereocenters. The van der Waals surface area contributed by atoms with E-state index in [0.29, 0.717) is 5.15 Å². The van der Waals surface area contributed by atoms with Gasteiger partial charge in [0.05, 0.1) is 11.0 Å². The van der Waals surface area contributed by atoms with Crippen molar-refractivity contribution in [1.29, 1.82) is 0 Å². The number of para-hydroxylation sites is 2. The fraction of sp³-hybridized carbons (Fsp3) is 0.0909. The fourth-order valence-electron chi connectivity index (χ4n) is 1.74. The zero-order valence-electron chi connectivity index (χ0n) is 8.51. The summed E-state index contributed by atoms with van der Waals surface area (Å²) < 4.78 is 2.02.